The summed E-state index contributed by atoms with van der Waals surface area (Å²) in [6.45, 7) is 3.74. The normalized spacial score (nSPS) is 17.9. The van der Waals surface area contributed by atoms with Gasteiger partial charge in [0.25, 0.3) is 10.1 Å². The predicted octanol–water partition coefficient (Wildman–Crippen LogP) is 3.34. The van der Waals surface area contributed by atoms with Gasteiger partial charge in [0.05, 0.1) is 11.0 Å². The Bertz CT molecular complexity index is 514. The van der Waals surface area contributed by atoms with Gasteiger partial charge in [0.15, 0.2) is 0 Å². The van der Waals surface area contributed by atoms with E-state index in [1.807, 2.05) is 19.9 Å². The molecule has 2 rings (SSSR count). The van der Waals surface area contributed by atoms with Gasteiger partial charge in [0.2, 0.25) is 0 Å². The Labute approximate surface area is 109 Å². The second-order valence-corrected chi connectivity index (χ2v) is 6.55. The van der Waals surface area contributed by atoms with Gasteiger partial charge >= 0.3 is 0 Å². The van der Waals surface area contributed by atoms with Gasteiger partial charge in [-0.2, -0.15) is 8.42 Å². The topological polar surface area (TPSA) is 43.4 Å². The number of hydrogen-bond donors (Lipinski definition) is 0. The van der Waals surface area contributed by atoms with Gasteiger partial charge in [-0.1, -0.05) is 31.4 Å². The molecule has 1 aliphatic carbocycles. The highest BCUT2D eigenvalue weighted by atomic mass is 32.2. The number of benzene rings is 1. The minimum atomic E-state index is -3.61. The van der Waals surface area contributed by atoms with Crippen LogP contribution >= 0.6 is 0 Å². The fourth-order valence-corrected chi connectivity index (χ4v) is 3.82. The van der Waals surface area contributed by atoms with Crippen molar-refractivity contribution in [3.05, 3.63) is 29.3 Å². The molecule has 1 aliphatic rings. The van der Waals surface area contributed by atoms with Gasteiger partial charge in [-0.15, -0.1) is 0 Å². The van der Waals surface area contributed by atoms with Crippen molar-refractivity contribution in [2.75, 3.05) is 0 Å². The van der Waals surface area contributed by atoms with E-state index in [1.165, 1.54) is 6.42 Å². The van der Waals surface area contributed by atoms with Crippen LogP contribution < -0.4 is 0 Å². The first-order valence-corrected chi connectivity index (χ1v) is 7.91. The standard InChI is InChI=1S/C14H20O3S/c1-11-7-6-10-14(12(11)2)18(15,16)17-13-8-4-3-5-9-13/h6-7,10,13H,3-5,8-9H2,1-2H3. The number of rotatable bonds is 3. The molecule has 1 aromatic rings. The third kappa shape index (κ3) is 2.93. The first kappa shape index (κ1) is 13.6. The Hall–Kier alpha value is -0.870. The molecular weight excluding hydrogens is 248 g/mol. The van der Waals surface area contributed by atoms with Gasteiger partial charge in [-0.05, 0) is 43.9 Å². The number of hydrogen-bond acceptors (Lipinski definition) is 3. The van der Waals surface area contributed by atoms with Crippen molar-refractivity contribution in [3.63, 3.8) is 0 Å². The highest BCUT2D eigenvalue weighted by Gasteiger charge is 2.25. The third-order valence-electron chi connectivity index (χ3n) is 3.64. The Morgan fingerprint density at radius 2 is 1.78 bits per heavy atom. The average molecular weight is 268 g/mol. The average Bonchev–Trinajstić information content (AvgIpc) is 2.33. The van der Waals surface area contributed by atoms with Crippen molar-refractivity contribution in [2.24, 2.45) is 0 Å². The quantitative estimate of drug-likeness (QED) is 0.790. The molecule has 0 aromatic heterocycles. The van der Waals surface area contributed by atoms with Crippen LogP contribution in [0.3, 0.4) is 0 Å². The second kappa shape index (κ2) is 5.41. The summed E-state index contributed by atoms with van der Waals surface area (Å²) in [4.78, 5) is 0.313. The summed E-state index contributed by atoms with van der Waals surface area (Å²) >= 11 is 0. The molecule has 0 spiro atoms. The molecule has 1 fully saturated rings. The summed E-state index contributed by atoms with van der Waals surface area (Å²) < 4.78 is 29.9. The third-order valence-corrected chi connectivity index (χ3v) is 5.15. The lowest BCUT2D eigenvalue weighted by Gasteiger charge is -2.22. The highest BCUT2D eigenvalue weighted by Crippen LogP contribution is 2.26. The van der Waals surface area contributed by atoms with Crippen LogP contribution in [-0.2, 0) is 14.3 Å². The van der Waals surface area contributed by atoms with Crippen molar-refractivity contribution in [1.82, 2.24) is 0 Å². The predicted molar refractivity (Wildman–Crippen MR) is 71.1 cm³/mol. The molecule has 0 N–H and O–H groups in total. The molecule has 0 unspecified atom stereocenters. The molecule has 4 heteroatoms. The minimum absolute atomic E-state index is 0.135. The second-order valence-electron chi connectivity index (χ2n) is 5.01. The Kier molecular flexibility index (Phi) is 4.07. The fraction of sp³-hybridized carbons (Fsp3) is 0.571. The molecule has 0 atom stereocenters. The van der Waals surface area contributed by atoms with E-state index in [9.17, 15) is 8.42 Å². The van der Waals surface area contributed by atoms with Crippen molar-refractivity contribution in [3.8, 4) is 0 Å². The molecule has 1 aromatic carbocycles. The van der Waals surface area contributed by atoms with Crippen LogP contribution in [0.4, 0.5) is 0 Å². The maximum Gasteiger partial charge on any atom is 0.297 e. The van der Waals surface area contributed by atoms with Gasteiger partial charge < -0.3 is 0 Å². The fourth-order valence-electron chi connectivity index (χ4n) is 2.39. The van der Waals surface area contributed by atoms with Crippen LogP contribution in [0.25, 0.3) is 0 Å². The van der Waals surface area contributed by atoms with E-state index in [1.54, 1.807) is 12.1 Å². The Morgan fingerprint density at radius 1 is 1.11 bits per heavy atom. The molecule has 0 amide bonds. The van der Waals surface area contributed by atoms with Crippen LogP contribution in [-0.4, -0.2) is 14.5 Å². The zero-order chi connectivity index (χ0) is 13.2. The summed E-state index contributed by atoms with van der Waals surface area (Å²) in [7, 11) is -3.61. The summed E-state index contributed by atoms with van der Waals surface area (Å²) in [6, 6.07) is 5.30. The molecular formula is C14H20O3S. The summed E-state index contributed by atoms with van der Waals surface area (Å²) in [5, 5.41) is 0. The van der Waals surface area contributed by atoms with Crippen molar-refractivity contribution >= 4 is 10.1 Å². The molecule has 0 radical (unpaired) electrons. The molecule has 0 bridgehead atoms. The van der Waals surface area contributed by atoms with E-state index in [-0.39, 0.29) is 6.10 Å². The molecule has 100 valence electrons. The summed E-state index contributed by atoms with van der Waals surface area (Å²) in [6.07, 6.45) is 4.88. The lowest BCUT2D eigenvalue weighted by molar-refractivity contribution is 0.162. The molecule has 1 saturated carbocycles. The molecule has 18 heavy (non-hydrogen) atoms. The van der Waals surface area contributed by atoms with Crippen LogP contribution in [0.15, 0.2) is 23.1 Å². The van der Waals surface area contributed by atoms with Crippen molar-refractivity contribution < 1.29 is 12.6 Å². The monoisotopic (exact) mass is 268 g/mol. The lowest BCUT2D eigenvalue weighted by atomic mass is 9.98. The zero-order valence-corrected chi connectivity index (χ0v) is 11.8. The largest absolute Gasteiger partial charge is 0.297 e. The zero-order valence-electron chi connectivity index (χ0n) is 11.0. The van der Waals surface area contributed by atoms with E-state index in [2.05, 4.69) is 0 Å². The molecule has 3 nitrogen and oxygen atoms in total. The van der Waals surface area contributed by atoms with Crippen molar-refractivity contribution in [1.29, 1.82) is 0 Å². The van der Waals surface area contributed by atoms with Crippen molar-refractivity contribution in [2.45, 2.75) is 57.0 Å². The van der Waals surface area contributed by atoms with E-state index < -0.39 is 10.1 Å². The van der Waals surface area contributed by atoms with E-state index in [0.29, 0.717) is 4.90 Å². The van der Waals surface area contributed by atoms with Gasteiger partial charge in [-0.25, -0.2) is 0 Å². The SMILES string of the molecule is Cc1cccc(S(=O)(=O)OC2CCCCC2)c1C. The van der Waals surface area contributed by atoms with Crippen LogP contribution in [0.2, 0.25) is 0 Å². The van der Waals surface area contributed by atoms with Crippen LogP contribution in [0.5, 0.6) is 0 Å². The molecule has 0 saturated heterocycles. The Morgan fingerprint density at radius 3 is 2.44 bits per heavy atom. The maximum atomic E-state index is 12.3. The van der Waals surface area contributed by atoms with E-state index in [0.717, 1.165) is 36.8 Å². The van der Waals surface area contributed by atoms with Crippen LogP contribution in [0, 0.1) is 13.8 Å². The number of aryl methyl sites for hydroxylation is 1. The van der Waals surface area contributed by atoms with Gasteiger partial charge in [0.1, 0.15) is 0 Å². The first-order valence-electron chi connectivity index (χ1n) is 6.50. The molecule has 0 aliphatic heterocycles. The van der Waals surface area contributed by atoms with Gasteiger partial charge in [-0.3, -0.25) is 4.18 Å². The van der Waals surface area contributed by atoms with E-state index in [4.69, 9.17) is 4.18 Å². The van der Waals surface area contributed by atoms with Gasteiger partial charge in [0, 0.05) is 0 Å². The van der Waals surface area contributed by atoms with Crippen LogP contribution in [0.1, 0.15) is 43.2 Å². The lowest BCUT2D eigenvalue weighted by Crippen LogP contribution is -2.21. The van der Waals surface area contributed by atoms with E-state index >= 15 is 0 Å². The molecule has 0 heterocycles. The summed E-state index contributed by atoms with van der Waals surface area (Å²) in [5.74, 6) is 0. The smallest absolute Gasteiger partial charge is 0.263 e. The Balaban J connectivity index is 2.22. The highest BCUT2D eigenvalue weighted by molar-refractivity contribution is 7.86. The minimum Gasteiger partial charge on any atom is -0.263 e. The maximum absolute atomic E-state index is 12.3. The first-order chi connectivity index (χ1) is 8.50. The summed E-state index contributed by atoms with van der Waals surface area (Å²) in [5.41, 5.74) is 1.76.